The van der Waals surface area contributed by atoms with E-state index >= 15 is 0 Å². The van der Waals surface area contributed by atoms with Crippen LogP contribution in [0.1, 0.15) is 57.9 Å². The third kappa shape index (κ3) is 6.12. The number of hydrogen-bond acceptors (Lipinski definition) is 5. The number of rotatable bonds is 7. The molecule has 2 aromatic rings. The van der Waals surface area contributed by atoms with Gasteiger partial charge in [-0.05, 0) is 94.5 Å². The van der Waals surface area contributed by atoms with Crippen molar-refractivity contribution in [3.63, 3.8) is 0 Å². The number of likely N-dealkylation sites (tertiary alicyclic amines) is 1. The van der Waals surface area contributed by atoms with E-state index in [9.17, 15) is 4.39 Å². The van der Waals surface area contributed by atoms with E-state index < -0.39 is 5.67 Å². The summed E-state index contributed by atoms with van der Waals surface area (Å²) in [5, 5.41) is 3.65. The van der Waals surface area contributed by atoms with E-state index in [4.69, 9.17) is 4.98 Å². The lowest BCUT2D eigenvalue weighted by Gasteiger charge is -2.30. The zero-order valence-corrected chi connectivity index (χ0v) is 23.3. The highest BCUT2D eigenvalue weighted by Crippen LogP contribution is 2.35. The van der Waals surface area contributed by atoms with Crippen LogP contribution in [0, 0.1) is 0 Å². The van der Waals surface area contributed by atoms with E-state index in [1.54, 1.807) is 13.8 Å². The first-order valence-electron chi connectivity index (χ1n) is 14.2. The van der Waals surface area contributed by atoms with Crippen LogP contribution in [0.5, 0.6) is 0 Å². The molecule has 1 aromatic carbocycles. The Morgan fingerprint density at radius 2 is 1.87 bits per heavy atom. The van der Waals surface area contributed by atoms with Crippen molar-refractivity contribution in [1.82, 2.24) is 15.2 Å². The first kappa shape index (κ1) is 26.5. The van der Waals surface area contributed by atoms with Crippen molar-refractivity contribution >= 4 is 11.5 Å². The van der Waals surface area contributed by atoms with Gasteiger partial charge >= 0.3 is 0 Å². The standard InChI is InChI=1S/C32H42FN5/c1-24(34-28-14-8-11-25(21-28)23-37-18-6-5-7-19-37)38-20-10-17-36(4)30-16-15-29(35-31(30)38)26-12-9-13-27(22-26)32(2,3)33/h9,11-13,15-16,21-22,34H,1,5-8,10,14,17-20,23H2,2-4H3. The molecule has 5 rings (SSSR count). The van der Waals surface area contributed by atoms with Crippen molar-refractivity contribution in [3.8, 4) is 11.3 Å². The Kier molecular flexibility index (Phi) is 7.89. The predicted octanol–water partition coefficient (Wildman–Crippen LogP) is 6.75. The molecule has 0 spiro atoms. The highest BCUT2D eigenvalue weighted by atomic mass is 19.1. The Morgan fingerprint density at radius 1 is 1.05 bits per heavy atom. The average Bonchev–Trinajstić information content (AvgIpc) is 3.07. The van der Waals surface area contributed by atoms with Crippen molar-refractivity contribution in [2.24, 2.45) is 0 Å². The molecule has 1 aromatic heterocycles. The minimum absolute atomic E-state index is 0.657. The molecule has 1 fully saturated rings. The van der Waals surface area contributed by atoms with Gasteiger partial charge in [0.15, 0.2) is 5.82 Å². The van der Waals surface area contributed by atoms with Gasteiger partial charge in [-0.25, -0.2) is 9.37 Å². The maximum absolute atomic E-state index is 14.7. The van der Waals surface area contributed by atoms with E-state index in [2.05, 4.69) is 51.9 Å². The number of anilines is 2. The molecule has 38 heavy (non-hydrogen) atoms. The molecule has 0 saturated carbocycles. The van der Waals surface area contributed by atoms with Crippen LogP contribution in [-0.4, -0.2) is 49.7 Å². The van der Waals surface area contributed by atoms with Crippen molar-refractivity contribution in [3.05, 3.63) is 77.8 Å². The van der Waals surface area contributed by atoms with Gasteiger partial charge < -0.3 is 15.1 Å². The minimum atomic E-state index is -1.40. The second-order valence-corrected chi connectivity index (χ2v) is 11.4. The number of pyridine rings is 1. The third-order valence-electron chi connectivity index (χ3n) is 7.91. The molecule has 1 aliphatic carbocycles. The zero-order chi connectivity index (χ0) is 26.7. The maximum Gasteiger partial charge on any atom is 0.158 e. The molecular formula is C32H42FN5. The summed E-state index contributed by atoms with van der Waals surface area (Å²) in [6.07, 6.45) is 11.7. The molecule has 3 aliphatic rings. The summed E-state index contributed by atoms with van der Waals surface area (Å²) in [5.74, 6) is 1.75. The second-order valence-electron chi connectivity index (χ2n) is 11.4. The first-order valence-corrected chi connectivity index (χ1v) is 14.2. The van der Waals surface area contributed by atoms with Crippen LogP contribution in [0.2, 0.25) is 0 Å². The number of nitrogens with one attached hydrogen (secondary N) is 1. The normalized spacial score (nSPS) is 18.8. The second kappa shape index (κ2) is 11.3. The third-order valence-corrected chi connectivity index (χ3v) is 7.91. The molecule has 2 aliphatic heterocycles. The molecule has 0 amide bonds. The van der Waals surface area contributed by atoms with Gasteiger partial charge in [0.1, 0.15) is 11.5 Å². The van der Waals surface area contributed by atoms with Gasteiger partial charge in [0.2, 0.25) is 0 Å². The number of nitrogens with zero attached hydrogens (tertiary/aromatic N) is 4. The molecule has 3 heterocycles. The summed E-state index contributed by atoms with van der Waals surface area (Å²) in [6, 6.07) is 11.8. The number of benzene rings is 1. The molecular weight excluding hydrogens is 473 g/mol. The Morgan fingerprint density at radius 3 is 2.66 bits per heavy atom. The summed E-state index contributed by atoms with van der Waals surface area (Å²) >= 11 is 0. The van der Waals surface area contributed by atoms with Crippen molar-refractivity contribution in [2.45, 2.75) is 58.0 Å². The Labute approximate surface area is 227 Å². The van der Waals surface area contributed by atoms with Gasteiger partial charge in [-0.2, -0.15) is 0 Å². The average molecular weight is 516 g/mol. The summed E-state index contributed by atoms with van der Waals surface area (Å²) in [5.41, 5.74) is 4.72. The summed E-state index contributed by atoms with van der Waals surface area (Å²) in [7, 11) is 2.12. The lowest BCUT2D eigenvalue weighted by molar-refractivity contribution is 0.221. The van der Waals surface area contributed by atoms with E-state index in [1.165, 1.54) is 43.6 Å². The number of fused-ring (bicyclic) bond motifs is 1. The lowest BCUT2D eigenvalue weighted by Crippen LogP contribution is -2.33. The molecule has 0 bridgehead atoms. The quantitative estimate of drug-likeness (QED) is 0.441. The molecule has 202 valence electrons. The largest absolute Gasteiger partial charge is 0.372 e. The molecule has 1 N–H and O–H groups in total. The SMILES string of the molecule is C=C(NC1=CC(CN2CCCCC2)=CCC1)N1CCCN(C)c2ccc(-c3cccc(C(C)(C)F)c3)nc21. The van der Waals surface area contributed by atoms with Gasteiger partial charge in [-0.1, -0.05) is 37.3 Å². The molecule has 5 nitrogen and oxygen atoms in total. The van der Waals surface area contributed by atoms with Gasteiger partial charge in [-0.15, -0.1) is 0 Å². The fourth-order valence-corrected chi connectivity index (χ4v) is 5.71. The Bertz CT molecular complexity index is 1220. The highest BCUT2D eigenvalue weighted by Gasteiger charge is 2.24. The van der Waals surface area contributed by atoms with Crippen molar-refractivity contribution in [1.29, 1.82) is 0 Å². The van der Waals surface area contributed by atoms with E-state index in [1.807, 2.05) is 30.3 Å². The van der Waals surface area contributed by atoms with Gasteiger partial charge in [0.05, 0.1) is 11.4 Å². The van der Waals surface area contributed by atoms with Gasteiger partial charge in [-0.3, -0.25) is 4.90 Å². The van der Waals surface area contributed by atoms with Crippen molar-refractivity contribution in [2.75, 3.05) is 49.6 Å². The maximum atomic E-state index is 14.7. The van der Waals surface area contributed by atoms with Crippen LogP contribution >= 0.6 is 0 Å². The molecule has 0 unspecified atom stereocenters. The summed E-state index contributed by atoms with van der Waals surface area (Å²) < 4.78 is 14.7. The number of alkyl halides is 1. The predicted molar refractivity (Wildman–Crippen MR) is 157 cm³/mol. The number of halogens is 1. The fourth-order valence-electron chi connectivity index (χ4n) is 5.71. The molecule has 0 radical (unpaired) electrons. The monoisotopic (exact) mass is 515 g/mol. The molecule has 1 saturated heterocycles. The summed E-state index contributed by atoms with van der Waals surface area (Å²) in [6.45, 7) is 12.9. The zero-order valence-electron chi connectivity index (χ0n) is 23.3. The highest BCUT2D eigenvalue weighted by molar-refractivity contribution is 5.74. The number of piperidine rings is 1. The van der Waals surface area contributed by atoms with Crippen LogP contribution in [-0.2, 0) is 5.67 Å². The Hall–Kier alpha value is -3.12. The van der Waals surface area contributed by atoms with Gasteiger partial charge in [0, 0.05) is 37.9 Å². The van der Waals surface area contributed by atoms with Crippen LogP contribution in [0.15, 0.2) is 72.2 Å². The van der Waals surface area contributed by atoms with Crippen LogP contribution in [0.25, 0.3) is 11.3 Å². The topological polar surface area (TPSA) is 34.6 Å². The number of aromatic nitrogens is 1. The van der Waals surface area contributed by atoms with Crippen LogP contribution in [0.3, 0.4) is 0 Å². The smallest absolute Gasteiger partial charge is 0.158 e. The van der Waals surface area contributed by atoms with Crippen molar-refractivity contribution < 1.29 is 4.39 Å². The van der Waals surface area contributed by atoms with Gasteiger partial charge in [0.25, 0.3) is 0 Å². The number of hydrogen-bond donors (Lipinski definition) is 1. The first-order chi connectivity index (χ1) is 18.3. The van der Waals surface area contributed by atoms with E-state index in [0.29, 0.717) is 5.56 Å². The number of allylic oxidation sites excluding steroid dienone is 2. The molecule has 0 atom stereocenters. The lowest BCUT2D eigenvalue weighted by atomic mass is 9.97. The van der Waals surface area contributed by atoms with E-state index in [-0.39, 0.29) is 0 Å². The molecule has 6 heteroatoms. The fraction of sp³-hybridized carbons (Fsp3) is 0.469. The van der Waals surface area contributed by atoms with Crippen LogP contribution in [0.4, 0.5) is 15.9 Å². The van der Waals surface area contributed by atoms with E-state index in [0.717, 1.165) is 67.5 Å². The summed E-state index contributed by atoms with van der Waals surface area (Å²) in [4.78, 5) is 12.2. The Balaban J connectivity index is 1.38. The minimum Gasteiger partial charge on any atom is -0.372 e. The van der Waals surface area contributed by atoms with Crippen LogP contribution < -0.4 is 15.1 Å².